The van der Waals surface area contributed by atoms with Crippen LogP contribution in [0.1, 0.15) is 56.2 Å². The Bertz CT molecular complexity index is 967. The Morgan fingerprint density at radius 3 is 2.32 bits per heavy atom. The van der Waals surface area contributed by atoms with Crippen molar-refractivity contribution in [2.45, 2.75) is 53.1 Å². The molecule has 3 rings (SSSR count). The van der Waals surface area contributed by atoms with Crippen LogP contribution in [-0.4, -0.2) is 22.5 Å². The van der Waals surface area contributed by atoms with Crippen molar-refractivity contribution in [1.29, 1.82) is 0 Å². The first-order chi connectivity index (χ1) is 15.0. The number of nitrogens with zero attached hydrogens (tertiary/aromatic N) is 2. The van der Waals surface area contributed by atoms with Gasteiger partial charge >= 0.3 is 5.97 Å². The first-order valence-electron chi connectivity index (χ1n) is 10.9. The molecule has 1 aromatic carbocycles. The number of aromatic nitrogens is 2. The van der Waals surface area contributed by atoms with Gasteiger partial charge in [0.05, 0.1) is 17.4 Å². The van der Waals surface area contributed by atoms with Crippen LogP contribution in [0.5, 0.6) is 5.75 Å². The molecule has 0 N–H and O–H groups in total. The minimum atomic E-state index is -0.124. The number of carbonyl (C=O) groups excluding carboxylic acids is 1. The summed E-state index contributed by atoms with van der Waals surface area (Å²) in [6.45, 7) is 8.40. The van der Waals surface area contributed by atoms with Crippen LogP contribution in [0.15, 0.2) is 48.8 Å². The number of aryl methyl sites for hydroxylation is 1. The van der Waals surface area contributed by atoms with E-state index in [1.807, 2.05) is 63.5 Å². The number of benzene rings is 1. The van der Waals surface area contributed by atoms with E-state index in [1.165, 1.54) is 0 Å². The number of hydrogen-bond donors (Lipinski definition) is 0. The van der Waals surface area contributed by atoms with Gasteiger partial charge in [0.1, 0.15) is 11.9 Å². The second-order valence-corrected chi connectivity index (χ2v) is 8.55. The molecule has 0 aliphatic heterocycles. The third kappa shape index (κ3) is 6.14. The Morgan fingerprint density at radius 1 is 1.00 bits per heavy atom. The summed E-state index contributed by atoms with van der Waals surface area (Å²) in [5.74, 6) is 1.32. The van der Waals surface area contributed by atoms with Crippen molar-refractivity contribution in [3.63, 3.8) is 0 Å². The summed E-state index contributed by atoms with van der Waals surface area (Å²) in [4.78, 5) is 23.1. The molecule has 0 saturated heterocycles. The van der Waals surface area contributed by atoms with E-state index in [2.05, 4.69) is 23.0 Å². The van der Waals surface area contributed by atoms with Crippen LogP contribution >= 0.6 is 11.3 Å². The SMILES string of the molecule is CCOC(=O)C(CC)Cc1ccc(OC(C)c2ccc(-c3ncc(CC)cn3)s2)cc1. The zero-order valence-corrected chi connectivity index (χ0v) is 19.4. The molecule has 0 aliphatic carbocycles. The summed E-state index contributed by atoms with van der Waals surface area (Å²) in [5.41, 5.74) is 2.24. The zero-order chi connectivity index (χ0) is 22.2. The smallest absolute Gasteiger partial charge is 0.309 e. The maximum atomic E-state index is 12.0. The second-order valence-electron chi connectivity index (χ2n) is 7.44. The van der Waals surface area contributed by atoms with Crippen LogP contribution in [-0.2, 0) is 22.4 Å². The minimum Gasteiger partial charge on any atom is -0.485 e. The van der Waals surface area contributed by atoms with E-state index in [0.29, 0.717) is 13.0 Å². The lowest BCUT2D eigenvalue weighted by molar-refractivity contribution is -0.148. The van der Waals surface area contributed by atoms with Gasteiger partial charge in [0, 0.05) is 17.3 Å². The molecule has 2 aromatic heterocycles. The number of ether oxygens (including phenoxy) is 2. The van der Waals surface area contributed by atoms with Crippen molar-refractivity contribution in [1.82, 2.24) is 9.97 Å². The topological polar surface area (TPSA) is 61.3 Å². The Kier molecular flexibility index (Phi) is 8.18. The van der Waals surface area contributed by atoms with Crippen LogP contribution in [0, 0.1) is 5.92 Å². The fraction of sp³-hybridized carbons (Fsp3) is 0.400. The Hall–Kier alpha value is -2.73. The van der Waals surface area contributed by atoms with Crippen molar-refractivity contribution in [3.8, 4) is 16.5 Å². The molecule has 0 fully saturated rings. The molecule has 31 heavy (non-hydrogen) atoms. The fourth-order valence-electron chi connectivity index (χ4n) is 3.26. The molecule has 0 spiro atoms. The van der Waals surface area contributed by atoms with Gasteiger partial charge < -0.3 is 9.47 Å². The molecule has 5 nitrogen and oxygen atoms in total. The highest BCUT2D eigenvalue weighted by Gasteiger charge is 2.18. The lowest BCUT2D eigenvalue weighted by atomic mass is 9.97. The molecule has 0 bridgehead atoms. The molecule has 0 aliphatic rings. The van der Waals surface area contributed by atoms with E-state index >= 15 is 0 Å². The van der Waals surface area contributed by atoms with Gasteiger partial charge in [0.25, 0.3) is 0 Å². The molecule has 2 unspecified atom stereocenters. The van der Waals surface area contributed by atoms with Crippen LogP contribution < -0.4 is 4.74 Å². The molecule has 164 valence electrons. The second kappa shape index (κ2) is 11.0. The maximum absolute atomic E-state index is 12.0. The molecule has 3 aromatic rings. The van der Waals surface area contributed by atoms with Gasteiger partial charge in [-0.1, -0.05) is 26.0 Å². The summed E-state index contributed by atoms with van der Waals surface area (Å²) in [6.07, 6.45) is 6.06. The standard InChI is InChI=1S/C25H30N2O3S/c1-5-18-15-26-24(27-16-18)23-13-12-22(31-23)17(4)30-21-10-8-19(9-11-21)14-20(6-2)25(28)29-7-3/h8-13,15-17,20H,5-7,14H2,1-4H3. The Balaban J connectivity index is 1.61. The number of thiophene rings is 1. The van der Waals surface area contributed by atoms with Crippen molar-refractivity contribution in [2.24, 2.45) is 5.92 Å². The molecule has 6 heteroatoms. The van der Waals surface area contributed by atoms with E-state index < -0.39 is 0 Å². The predicted molar refractivity (Wildman–Crippen MR) is 124 cm³/mol. The average Bonchev–Trinajstić information content (AvgIpc) is 3.29. The molecule has 2 heterocycles. The average molecular weight is 439 g/mol. The summed E-state index contributed by atoms with van der Waals surface area (Å²) in [6, 6.07) is 12.1. The van der Waals surface area contributed by atoms with Gasteiger partial charge in [0.15, 0.2) is 5.82 Å². The molecule has 2 atom stereocenters. The quantitative estimate of drug-likeness (QED) is 0.361. The lowest BCUT2D eigenvalue weighted by Crippen LogP contribution is -2.19. The summed E-state index contributed by atoms with van der Waals surface area (Å²) in [5, 5.41) is 0. The molecule has 0 amide bonds. The van der Waals surface area contributed by atoms with Gasteiger partial charge in [-0.3, -0.25) is 4.79 Å². The largest absolute Gasteiger partial charge is 0.485 e. The maximum Gasteiger partial charge on any atom is 0.309 e. The monoisotopic (exact) mass is 438 g/mol. The van der Waals surface area contributed by atoms with Crippen LogP contribution in [0.3, 0.4) is 0 Å². The first-order valence-corrected chi connectivity index (χ1v) is 11.7. The number of esters is 1. The summed E-state index contributed by atoms with van der Waals surface area (Å²) < 4.78 is 11.3. The highest BCUT2D eigenvalue weighted by Crippen LogP contribution is 2.32. The van der Waals surface area contributed by atoms with E-state index in [0.717, 1.165) is 45.3 Å². The van der Waals surface area contributed by atoms with E-state index in [1.54, 1.807) is 11.3 Å². The number of rotatable bonds is 10. The summed E-state index contributed by atoms with van der Waals surface area (Å²) in [7, 11) is 0. The summed E-state index contributed by atoms with van der Waals surface area (Å²) >= 11 is 1.65. The van der Waals surface area contributed by atoms with Gasteiger partial charge in [-0.05, 0) is 68.5 Å². The molecular formula is C25H30N2O3S. The van der Waals surface area contributed by atoms with Gasteiger partial charge in [-0.2, -0.15) is 0 Å². The first kappa shape index (κ1) is 22.9. The minimum absolute atomic E-state index is 0.0811. The number of hydrogen-bond acceptors (Lipinski definition) is 6. The predicted octanol–water partition coefficient (Wildman–Crippen LogP) is 6.04. The third-order valence-corrected chi connectivity index (χ3v) is 6.43. The third-order valence-electron chi connectivity index (χ3n) is 5.19. The zero-order valence-electron chi connectivity index (χ0n) is 18.6. The molecular weight excluding hydrogens is 408 g/mol. The van der Waals surface area contributed by atoms with Crippen LogP contribution in [0.25, 0.3) is 10.7 Å². The highest BCUT2D eigenvalue weighted by atomic mass is 32.1. The molecule has 0 radical (unpaired) electrons. The lowest BCUT2D eigenvalue weighted by Gasteiger charge is -2.15. The Labute approximate surface area is 188 Å². The van der Waals surface area contributed by atoms with Gasteiger partial charge in [-0.15, -0.1) is 11.3 Å². The van der Waals surface area contributed by atoms with Crippen LogP contribution in [0.4, 0.5) is 0 Å². The van der Waals surface area contributed by atoms with Crippen molar-refractivity contribution < 1.29 is 14.3 Å². The molecule has 0 saturated carbocycles. The van der Waals surface area contributed by atoms with Crippen molar-refractivity contribution in [3.05, 3.63) is 64.8 Å². The van der Waals surface area contributed by atoms with E-state index in [-0.39, 0.29) is 18.0 Å². The van der Waals surface area contributed by atoms with Gasteiger partial charge in [0.2, 0.25) is 0 Å². The number of carbonyl (C=O) groups is 1. The van der Waals surface area contributed by atoms with Gasteiger partial charge in [-0.25, -0.2) is 9.97 Å². The van der Waals surface area contributed by atoms with Crippen molar-refractivity contribution in [2.75, 3.05) is 6.61 Å². The normalized spacial score (nSPS) is 12.9. The van der Waals surface area contributed by atoms with E-state index in [9.17, 15) is 4.79 Å². The Morgan fingerprint density at radius 2 is 1.71 bits per heavy atom. The highest BCUT2D eigenvalue weighted by molar-refractivity contribution is 7.15. The van der Waals surface area contributed by atoms with Crippen LogP contribution in [0.2, 0.25) is 0 Å². The van der Waals surface area contributed by atoms with E-state index in [4.69, 9.17) is 9.47 Å². The van der Waals surface area contributed by atoms with Crippen molar-refractivity contribution >= 4 is 17.3 Å². The fourth-order valence-corrected chi connectivity index (χ4v) is 4.20.